The molecule has 6 heteroatoms. The third kappa shape index (κ3) is 3.70. The monoisotopic (exact) mass is 390 g/mol. The summed E-state index contributed by atoms with van der Waals surface area (Å²) in [4.78, 5) is 12.6. The Morgan fingerprint density at radius 1 is 1.10 bits per heavy atom. The molecule has 0 aliphatic heterocycles. The first-order chi connectivity index (χ1) is 9.49. The second kappa shape index (κ2) is 6.85. The third-order valence-electron chi connectivity index (χ3n) is 2.59. The zero-order chi connectivity index (χ0) is 14.7. The smallest absolute Gasteiger partial charge is 0.176 e. The van der Waals surface area contributed by atoms with Gasteiger partial charge < -0.3 is 0 Å². The zero-order valence-electron chi connectivity index (χ0n) is 10.1. The SMILES string of the molecule is O=C(CS(=O)c1ccc(Cl)c(Cl)c1)c1ccccc1Br. The molecule has 1 unspecified atom stereocenters. The summed E-state index contributed by atoms with van der Waals surface area (Å²) in [5.41, 5.74) is 0.515. The van der Waals surface area contributed by atoms with Gasteiger partial charge in [0.25, 0.3) is 0 Å². The molecule has 0 fully saturated rings. The summed E-state index contributed by atoms with van der Waals surface area (Å²) in [6.45, 7) is 0. The Bertz CT molecular complexity index is 689. The van der Waals surface area contributed by atoms with E-state index in [-0.39, 0.29) is 11.5 Å². The molecule has 2 nitrogen and oxygen atoms in total. The minimum atomic E-state index is -1.45. The summed E-state index contributed by atoms with van der Waals surface area (Å²) in [5.74, 6) is -0.289. The lowest BCUT2D eigenvalue weighted by Gasteiger charge is -2.05. The second-order valence-electron chi connectivity index (χ2n) is 3.97. The summed E-state index contributed by atoms with van der Waals surface area (Å²) < 4.78 is 12.9. The van der Waals surface area contributed by atoms with Crippen LogP contribution in [0.25, 0.3) is 0 Å². The van der Waals surface area contributed by atoms with E-state index in [4.69, 9.17) is 23.2 Å². The van der Waals surface area contributed by atoms with Crippen LogP contribution in [-0.4, -0.2) is 15.7 Å². The fraction of sp³-hybridized carbons (Fsp3) is 0.0714. The minimum Gasteiger partial charge on any atom is -0.293 e. The fourth-order valence-electron chi connectivity index (χ4n) is 1.59. The Balaban J connectivity index is 2.17. The Morgan fingerprint density at radius 3 is 2.45 bits per heavy atom. The summed E-state index contributed by atoms with van der Waals surface area (Å²) in [6, 6.07) is 11.7. The molecule has 0 saturated heterocycles. The molecule has 0 radical (unpaired) electrons. The number of Topliss-reactive ketones (excluding diaryl/α,β-unsaturated/α-hetero) is 1. The zero-order valence-corrected chi connectivity index (χ0v) is 14.0. The number of ketones is 1. The van der Waals surface area contributed by atoms with Gasteiger partial charge in [-0.2, -0.15) is 0 Å². The maximum absolute atomic E-state index is 12.2. The molecule has 0 heterocycles. The van der Waals surface area contributed by atoms with Gasteiger partial charge in [-0.3, -0.25) is 9.00 Å². The van der Waals surface area contributed by atoms with Crippen LogP contribution in [0.3, 0.4) is 0 Å². The molecule has 2 aromatic rings. The van der Waals surface area contributed by atoms with Crippen molar-refractivity contribution in [1.82, 2.24) is 0 Å². The molecular weight excluding hydrogens is 383 g/mol. The first-order valence-electron chi connectivity index (χ1n) is 5.60. The predicted molar refractivity (Wildman–Crippen MR) is 86.2 cm³/mol. The van der Waals surface area contributed by atoms with Gasteiger partial charge >= 0.3 is 0 Å². The molecule has 0 amide bonds. The van der Waals surface area contributed by atoms with Crippen molar-refractivity contribution in [1.29, 1.82) is 0 Å². The highest BCUT2D eigenvalue weighted by atomic mass is 79.9. The summed E-state index contributed by atoms with van der Waals surface area (Å²) in [6.07, 6.45) is 0. The standard InChI is InChI=1S/C14H9BrCl2O2S/c15-11-4-2-1-3-10(11)14(18)8-20(19)9-5-6-12(16)13(17)7-9/h1-7H,8H2. The first kappa shape index (κ1) is 15.7. The van der Waals surface area contributed by atoms with Gasteiger partial charge in [-0.15, -0.1) is 0 Å². The van der Waals surface area contributed by atoms with Crippen LogP contribution in [0.15, 0.2) is 51.8 Å². The molecular formula is C14H9BrCl2O2S. The van der Waals surface area contributed by atoms with Crippen LogP contribution in [0.4, 0.5) is 0 Å². The van der Waals surface area contributed by atoms with Gasteiger partial charge in [-0.05, 0) is 24.3 Å². The largest absolute Gasteiger partial charge is 0.293 e. The van der Waals surface area contributed by atoms with Crippen molar-refractivity contribution >= 4 is 55.7 Å². The molecule has 104 valence electrons. The topological polar surface area (TPSA) is 34.1 Å². The van der Waals surface area contributed by atoms with Gasteiger partial charge in [0.1, 0.15) is 0 Å². The van der Waals surface area contributed by atoms with E-state index in [9.17, 15) is 9.00 Å². The van der Waals surface area contributed by atoms with Gasteiger partial charge in [0, 0.05) is 14.9 Å². The van der Waals surface area contributed by atoms with E-state index in [0.717, 1.165) is 0 Å². The number of rotatable bonds is 4. The van der Waals surface area contributed by atoms with Gasteiger partial charge in [0.05, 0.1) is 26.6 Å². The van der Waals surface area contributed by atoms with E-state index >= 15 is 0 Å². The third-order valence-corrected chi connectivity index (χ3v) is 5.33. The number of hydrogen-bond acceptors (Lipinski definition) is 2. The van der Waals surface area contributed by atoms with Crippen molar-refractivity contribution in [3.63, 3.8) is 0 Å². The molecule has 0 aromatic heterocycles. The van der Waals surface area contributed by atoms with Crippen LogP contribution in [-0.2, 0) is 10.8 Å². The number of halogens is 3. The first-order valence-corrected chi connectivity index (χ1v) is 8.47. The van der Waals surface area contributed by atoms with Crippen LogP contribution in [0.5, 0.6) is 0 Å². The van der Waals surface area contributed by atoms with Gasteiger partial charge in [-0.25, -0.2) is 0 Å². The van der Waals surface area contributed by atoms with E-state index < -0.39 is 10.8 Å². The minimum absolute atomic E-state index is 0.0967. The molecule has 0 aliphatic rings. The maximum atomic E-state index is 12.2. The van der Waals surface area contributed by atoms with Crippen molar-refractivity contribution in [2.45, 2.75) is 4.90 Å². The lowest BCUT2D eigenvalue weighted by molar-refractivity contribution is 0.102. The van der Waals surface area contributed by atoms with Crippen LogP contribution in [0.1, 0.15) is 10.4 Å². The van der Waals surface area contributed by atoms with E-state index in [0.29, 0.717) is 25.0 Å². The molecule has 0 N–H and O–H groups in total. The average molecular weight is 392 g/mol. The molecule has 2 aromatic carbocycles. The Hall–Kier alpha value is -0.680. The molecule has 1 atom stereocenters. The number of carbonyl (C=O) groups excluding carboxylic acids is 1. The van der Waals surface area contributed by atoms with Crippen molar-refractivity contribution in [2.24, 2.45) is 0 Å². The van der Waals surface area contributed by atoms with Gasteiger partial charge in [0.15, 0.2) is 5.78 Å². The summed E-state index contributed by atoms with van der Waals surface area (Å²) >= 11 is 15.0. The highest BCUT2D eigenvalue weighted by Gasteiger charge is 2.15. The normalized spacial score (nSPS) is 12.2. The quantitative estimate of drug-likeness (QED) is 0.705. The highest BCUT2D eigenvalue weighted by molar-refractivity contribution is 9.10. The van der Waals surface area contributed by atoms with E-state index in [2.05, 4.69) is 15.9 Å². The Labute approximate surface area is 137 Å². The number of carbonyl (C=O) groups is 1. The van der Waals surface area contributed by atoms with Crippen LogP contribution in [0.2, 0.25) is 10.0 Å². The lowest BCUT2D eigenvalue weighted by Crippen LogP contribution is -2.11. The van der Waals surface area contributed by atoms with Gasteiger partial charge in [0.2, 0.25) is 0 Å². The van der Waals surface area contributed by atoms with Crippen LogP contribution >= 0.6 is 39.1 Å². The average Bonchev–Trinajstić information content (AvgIpc) is 2.42. The number of benzene rings is 2. The van der Waals surface area contributed by atoms with Crippen molar-refractivity contribution in [3.8, 4) is 0 Å². The van der Waals surface area contributed by atoms with Crippen molar-refractivity contribution in [3.05, 3.63) is 62.5 Å². The molecule has 0 aliphatic carbocycles. The fourth-order valence-corrected chi connectivity index (χ4v) is 3.48. The highest BCUT2D eigenvalue weighted by Crippen LogP contribution is 2.25. The second-order valence-corrected chi connectivity index (χ2v) is 7.09. The van der Waals surface area contributed by atoms with Crippen molar-refractivity contribution < 1.29 is 9.00 Å². The van der Waals surface area contributed by atoms with E-state index in [1.807, 2.05) is 6.07 Å². The number of hydrogen-bond donors (Lipinski definition) is 0. The molecule has 2 rings (SSSR count). The lowest BCUT2D eigenvalue weighted by atomic mass is 10.1. The van der Waals surface area contributed by atoms with E-state index in [1.165, 1.54) is 6.07 Å². The van der Waals surface area contributed by atoms with Crippen molar-refractivity contribution in [2.75, 3.05) is 5.75 Å². The molecule has 0 spiro atoms. The maximum Gasteiger partial charge on any atom is 0.176 e. The summed E-state index contributed by atoms with van der Waals surface area (Å²) in [7, 11) is -1.45. The van der Waals surface area contributed by atoms with E-state index in [1.54, 1.807) is 30.3 Å². The Kier molecular flexibility index (Phi) is 5.38. The molecule has 0 bridgehead atoms. The summed E-state index contributed by atoms with van der Waals surface area (Å²) in [5, 5.41) is 0.718. The van der Waals surface area contributed by atoms with Gasteiger partial charge in [-0.1, -0.05) is 57.3 Å². The predicted octanol–water partition coefficient (Wildman–Crippen LogP) is 4.75. The van der Waals surface area contributed by atoms with Crippen LogP contribution in [0, 0.1) is 0 Å². The molecule has 20 heavy (non-hydrogen) atoms. The molecule has 0 saturated carbocycles. The Morgan fingerprint density at radius 2 is 1.80 bits per heavy atom. The van der Waals surface area contributed by atoms with Crippen LogP contribution < -0.4 is 0 Å².